The summed E-state index contributed by atoms with van der Waals surface area (Å²) in [4.78, 5) is 0.161. The Kier molecular flexibility index (Phi) is 4.34. The van der Waals surface area contributed by atoms with Crippen LogP contribution in [0.1, 0.15) is 11.3 Å². The number of aryl methyl sites for hydroxylation is 2. The molecule has 0 fully saturated rings. The number of anilines is 1. The maximum Gasteiger partial charge on any atom is 0.262 e. The molecule has 1 N–H and O–H groups in total. The highest BCUT2D eigenvalue weighted by molar-refractivity contribution is 7.92. The lowest BCUT2D eigenvalue weighted by Gasteiger charge is -2.12. The highest BCUT2D eigenvalue weighted by Crippen LogP contribution is 2.29. The molecule has 0 saturated carbocycles. The van der Waals surface area contributed by atoms with E-state index in [1.807, 2.05) is 0 Å². The number of hydrogen-bond acceptors (Lipinski definition) is 4. The molecule has 0 unspecified atom stereocenters. The number of nitrogens with one attached hydrogen (secondary N) is 1. The van der Waals surface area contributed by atoms with E-state index in [2.05, 4.69) is 9.88 Å². The zero-order valence-corrected chi connectivity index (χ0v) is 14.6. The van der Waals surface area contributed by atoms with Gasteiger partial charge in [-0.1, -0.05) is 41.0 Å². The average molecular weight is 363 g/mol. The van der Waals surface area contributed by atoms with Crippen LogP contribution in [0.3, 0.4) is 0 Å². The Bertz CT molecular complexity index is 997. The van der Waals surface area contributed by atoms with Crippen LogP contribution in [-0.4, -0.2) is 13.6 Å². The molecular weight excluding hydrogens is 348 g/mol. The zero-order chi connectivity index (χ0) is 17.3. The minimum absolute atomic E-state index is 0.161. The summed E-state index contributed by atoms with van der Waals surface area (Å²) in [6.45, 7) is 3.54. The number of benzene rings is 2. The van der Waals surface area contributed by atoms with E-state index < -0.39 is 10.0 Å². The van der Waals surface area contributed by atoms with Crippen molar-refractivity contribution in [1.29, 1.82) is 0 Å². The van der Waals surface area contributed by atoms with Crippen LogP contribution in [0.4, 0.5) is 5.69 Å². The second-order valence-electron chi connectivity index (χ2n) is 5.40. The van der Waals surface area contributed by atoms with Crippen LogP contribution >= 0.6 is 11.6 Å². The van der Waals surface area contributed by atoms with E-state index in [4.69, 9.17) is 16.1 Å². The first kappa shape index (κ1) is 16.5. The van der Waals surface area contributed by atoms with Gasteiger partial charge in [-0.05, 0) is 37.6 Å². The van der Waals surface area contributed by atoms with E-state index in [0.29, 0.717) is 27.6 Å². The lowest BCUT2D eigenvalue weighted by Crippen LogP contribution is -2.14. The molecule has 124 valence electrons. The lowest BCUT2D eigenvalue weighted by molar-refractivity contribution is 0.427. The molecule has 7 heteroatoms. The summed E-state index contributed by atoms with van der Waals surface area (Å²) in [5.74, 6) is 0.515. The second kappa shape index (κ2) is 6.30. The van der Waals surface area contributed by atoms with E-state index in [1.54, 1.807) is 62.4 Å². The van der Waals surface area contributed by atoms with E-state index in [9.17, 15) is 8.42 Å². The molecule has 0 bridgehead atoms. The summed E-state index contributed by atoms with van der Waals surface area (Å²) in [5, 5.41) is 4.16. The number of para-hydroxylation sites is 1. The third-order valence-corrected chi connectivity index (χ3v) is 5.35. The first-order valence-corrected chi connectivity index (χ1v) is 9.04. The Hall–Kier alpha value is -2.31. The lowest BCUT2D eigenvalue weighted by atomic mass is 10.1. The SMILES string of the molecule is Cc1cc(-c2ccc(C)c(S(=O)(=O)Nc3ccccc3Cl)c2)on1. The van der Waals surface area contributed by atoms with E-state index in [1.165, 1.54) is 0 Å². The minimum atomic E-state index is -3.79. The van der Waals surface area contributed by atoms with Gasteiger partial charge in [0.2, 0.25) is 0 Å². The number of nitrogens with zero attached hydrogens (tertiary/aromatic N) is 1. The van der Waals surface area contributed by atoms with Crippen LogP contribution in [0.15, 0.2) is 57.9 Å². The minimum Gasteiger partial charge on any atom is -0.356 e. The molecule has 0 atom stereocenters. The zero-order valence-electron chi connectivity index (χ0n) is 13.1. The van der Waals surface area contributed by atoms with Gasteiger partial charge < -0.3 is 4.52 Å². The van der Waals surface area contributed by atoms with Gasteiger partial charge in [0.15, 0.2) is 5.76 Å². The Balaban J connectivity index is 2.03. The second-order valence-corrected chi connectivity index (χ2v) is 7.46. The van der Waals surface area contributed by atoms with Gasteiger partial charge in [-0.25, -0.2) is 8.42 Å². The molecule has 2 aromatic carbocycles. The quantitative estimate of drug-likeness (QED) is 0.746. The molecule has 0 radical (unpaired) electrons. The fraction of sp³-hybridized carbons (Fsp3) is 0.118. The molecule has 0 aliphatic heterocycles. The third-order valence-electron chi connectivity index (χ3n) is 3.51. The molecule has 1 aromatic heterocycles. The van der Waals surface area contributed by atoms with Gasteiger partial charge in [-0.3, -0.25) is 4.72 Å². The molecule has 1 heterocycles. The summed E-state index contributed by atoms with van der Waals surface area (Å²) in [5.41, 5.74) is 2.32. The van der Waals surface area contributed by atoms with Crippen LogP contribution < -0.4 is 4.72 Å². The summed E-state index contributed by atoms with van der Waals surface area (Å²) in [6, 6.07) is 13.5. The smallest absolute Gasteiger partial charge is 0.262 e. The largest absolute Gasteiger partial charge is 0.356 e. The molecule has 0 aliphatic carbocycles. The van der Waals surface area contributed by atoms with Crippen molar-refractivity contribution in [1.82, 2.24) is 5.16 Å². The first-order chi connectivity index (χ1) is 11.4. The van der Waals surface area contributed by atoms with Crippen molar-refractivity contribution in [2.45, 2.75) is 18.7 Å². The van der Waals surface area contributed by atoms with Crippen molar-refractivity contribution >= 4 is 27.3 Å². The van der Waals surface area contributed by atoms with Crippen molar-refractivity contribution in [3.63, 3.8) is 0 Å². The summed E-state index contributed by atoms with van der Waals surface area (Å²) in [7, 11) is -3.79. The van der Waals surface area contributed by atoms with E-state index in [0.717, 1.165) is 5.69 Å². The first-order valence-electron chi connectivity index (χ1n) is 7.18. The third kappa shape index (κ3) is 3.29. The summed E-state index contributed by atoms with van der Waals surface area (Å²) in [6.07, 6.45) is 0. The molecule has 24 heavy (non-hydrogen) atoms. The van der Waals surface area contributed by atoms with Crippen LogP contribution in [0, 0.1) is 13.8 Å². The van der Waals surface area contributed by atoms with Gasteiger partial charge in [0, 0.05) is 11.6 Å². The fourth-order valence-corrected chi connectivity index (χ4v) is 3.88. The number of rotatable bonds is 4. The monoisotopic (exact) mass is 362 g/mol. The van der Waals surface area contributed by atoms with Crippen molar-refractivity contribution in [2.24, 2.45) is 0 Å². The fourth-order valence-electron chi connectivity index (χ4n) is 2.29. The van der Waals surface area contributed by atoms with Crippen molar-refractivity contribution < 1.29 is 12.9 Å². The van der Waals surface area contributed by atoms with Gasteiger partial charge in [0.25, 0.3) is 10.0 Å². The molecule has 3 aromatic rings. The Morgan fingerprint density at radius 3 is 2.50 bits per heavy atom. The Morgan fingerprint density at radius 1 is 1.08 bits per heavy atom. The van der Waals surface area contributed by atoms with Gasteiger partial charge in [0.05, 0.1) is 21.3 Å². The number of sulfonamides is 1. The summed E-state index contributed by atoms with van der Waals surface area (Å²) >= 11 is 6.04. The van der Waals surface area contributed by atoms with Crippen molar-refractivity contribution in [2.75, 3.05) is 4.72 Å². The molecule has 0 aliphatic rings. The molecule has 0 saturated heterocycles. The highest BCUT2D eigenvalue weighted by atomic mass is 35.5. The molecular formula is C17H15ClN2O3S. The van der Waals surface area contributed by atoms with E-state index in [-0.39, 0.29) is 4.90 Å². The maximum atomic E-state index is 12.7. The topological polar surface area (TPSA) is 72.2 Å². The molecule has 0 spiro atoms. The number of halogens is 1. The Morgan fingerprint density at radius 2 is 1.83 bits per heavy atom. The highest BCUT2D eigenvalue weighted by Gasteiger charge is 2.20. The van der Waals surface area contributed by atoms with Crippen molar-refractivity contribution in [3.05, 3.63) is 64.8 Å². The molecule has 5 nitrogen and oxygen atoms in total. The van der Waals surface area contributed by atoms with Gasteiger partial charge in [-0.2, -0.15) is 0 Å². The van der Waals surface area contributed by atoms with Crippen LogP contribution in [-0.2, 0) is 10.0 Å². The van der Waals surface area contributed by atoms with Crippen LogP contribution in [0.5, 0.6) is 0 Å². The van der Waals surface area contributed by atoms with E-state index >= 15 is 0 Å². The maximum absolute atomic E-state index is 12.7. The van der Waals surface area contributed by atoms with Gasteiger partial charge in [-0.15, -0.1) is 0 Å². The van der Waals surface area contributed by atoms with Gasteiger partial charge in [0.1, 0.15) is 0 Å². The standard InChI is InChI=1S/C17H15ClN2O3S/c1-11-7-8-13(16-9-12(2)19-23-16)10-17(11)24(21,22)20-15-6-4-3-5-14(15)18/h3-10,20H,1-2H3. The normalized spacial score (nSPS) is 11.5. The predicted molar refractivity (Wildman–Crippen MR) is 93.7 cm³/mol. The average Bonchev–Trinajstić information content (AvgIpc) is 2.96. The molecule has 3 rings (SSSR count). The number of aromatic nitrogens is 1. The number of hydrogen-bond donors (Lipinski definition) is 1. The summed E-state index contributed by atoms with van der Waals surface area (Å²) < 4.78 is 33.2. The Labute approximate surface area is 145 Å². The van der Waals surface area contributed by atoms with Crippen LogP contribution in [0.2, 0.25) is 5.02 Å². The van der Waals surface area contributed by atoms with Crippen molar-refractivity contribution in [3.8, 4) is 11.3 Å². The van der Waals surface area contributed by atoms with Gasteiger partial charge >= 0.3 is 0 Å². The molecule has 0 amide bonds. The predicted octanol–water partition coefficient (Wildman–Crippen LogP) is 4.41. The van der Waals surface area contributed by atoms with Crippen LogP contribution in [0.25, 0.3) is 11.3 Å².